The molecule has 0 amide bonds. The minimum atomic E-state index is -0.436. The molecule has 0 N–H and O–H groups in total. The highest BCUT2D eigenvalue weighted by Gasteiger charge is 2.23. The molecule has 6 nitrogen and oxygen atoms in total. The molecule has 1 aromatic carbocycles. The van der Waals surface area contributed by atoms with E-state index >= 15 is 0 Å². The molecule has 1 fully saturated rings. The Balaban J connectivity index is 1.55. The van der Waals surface area contributed by atoms with Crippen LogP contribution in [0.15, 0.2) is 30.5 Å². The molecular weight excluding hydrogens is 304 g/mol. The molecule has 1 aromatic heterocycles. The second-order valence-electron chi connectivity index (χ2n) is 6.26. The summed E-state index contributed by atoms with van der Waals surface area (Å²) in [7, 11) is 1.35. The van der Waals surface area contributed by atoms with E-state index in [0.29, 0.717) is 6.04 Å². The summed E-state index contributed by atoms with van der Waals surface area (Å²) in [6, 6.07) is 9.12. The van der Waals surface area contributed by atoms with Gasteiger partial charge >= 0.3 is 5.97 Å². The number of aryl methyl sites for hydroxylation is 1. The smallest absolute Gasteiger partial charge is 0.360 e. The van der Waals surface area contributed by atoms with Crippen molar-refractivity contribution >= 4 is 5.97 Å². The van der Waals surface area contributed by atoms with Crippen molar-refractivity contribution in [1.82, 2.24) is 19.9 Å². The van der Waals surface area contributed by atoms with Gasteiger partial charge in [0.25, 0.3) is 0 Å². The number of carbonyl (C=O) groups is 1. The predicted octanol–water partition coefficient (Wildman–Crippen LogP) is 2.46. The zero-order valence-electron chi connectivity index (χ0n) is 14.3. The molecule has 0 saturated carbocycles. The number of likely N-dealkylation sites (tertiary alicyclic amines) is 1. The Hall–Kier alpha value is -2.21. The predicted molar refractivity (Wildman–Crippen MR) is 90.7 cm³/mol. The van der Waals surface area contributed by atoms with Gasteiger partial charge in [-0.3, -0.25) is 4.90 Å². The van der Waals surface area contributed by atoms with E-state index in [1.54, 1.807) is 10.9 Å². The molecule has 1 aliphatic heterocycles. The first-order valence-corrected chi connectivity index (χ1v) is 8.50. The maximum absolute atomic E-state index is 11.5. The highest BCUT2D eigenvalue weighted by molar-refractivity contribution is 5.86. The van der Waals surface area contributed by atoms with Gasteiger partial charge in [-0.05, 0) is 30.4 Å². The standard InChI is InChI=1S/C18H24N4O2/c1-3-14-5-4-6-15(11-14)12-21-9-7-16(8-10-21)22-13-17(19-20-22)18(23)24-2/h4-6,11,13,16H,3,7-10,12H2,1-2H3. The normalized spacial score (nSPS) is 16.2. The van der Waals surface area contributed by atoms with E-state index in [4.69, 9.17) is 0 Å². The van der Waals surface area contributed by atoms with E-state index in [1.165, 1.54) is 18.2 Å². The number of hydrogen-bond acceptors (Lipinski definition) is 5. The van der Waals surface area contributed by atoms with Crippen molar-refractivity contribution in [2.24, 2.45) is 0 Å². The summed E-state index contributed by atoms with van der Waals surface area (Å²) in [6.07, 6.45) is 4.79. The van der Waals surface area contributed by atoms with Gasteiger partial charge in [-0.1, -0.05) is 36.4 Å². The van der Waals surface area contributed by atoms with Gasteiger partial charge in [0.2, 0.25) is 0 Å². The number of rotatable bonds is 5. The van der Waals surface area contributed by atoms with Gasteiger partial charge in [0.05, 0.1) is 19.3 Å². The van der Waals surface area contributed by atoms with E-state index in [1.807, 2.05) is 0 Å². The summed E-state index contributed by atoms with van der Waals surface area (Å²) in [5.74, 6) is -0.436. The second kappa shape index (κ2) is 7.57. The number of benzene rings is 1. The van der Waals surface area contributed by atoms with Crippen molar-refractivity contribution in [3.8, 4) is 0 Å². The fraction of sp³-hybridized carbons (Fsp3) is 0.500. The first kappa shape index (κ1) is 16.6. The molecule has 128 valence electrons. The third-order valence-corrected chi connectivity index (χ3v) is 4.64. The summed E-state index contributed by atoms with van der Waals surface area (Å²) in [4.78, 5) is 13.9. The molecule has 0 bridgehead atoms. The first-order chi connectivity index (χ1) is 11.7. The number of hydrogen-bond donors (Lipinski definition) is 0. The number of esters is 1. The third-order valence-electron chi connectivity index (χ3n) is 4.64. The molecule has 1 saturated heterocycles. The van der Waals surface area contributed by atoms with Crippen molar-refractivity contribution in [2.75, 3.05) is 20.2 Å². The van der Waals surface area contributed by atoms with E-state index in [0.717, 1.165) is 38.9 Å². The van der Waals surface area contributed by atoms with Crippen LogP contribution in [0.5, 0.6) is 0 Å². The van der Waals surface area contributed by atoms with Crippen LogP contribution < -0.4 is 0 Å². The van der Waals surface area contributed by atoms with Crippen LogP contribution in [0.25, 0.3) is 0 Å². The van der Waals surface area contributed by atoms with Crippen molar-refractivity contribution in [2.45, 2.75) is 38.8 Å². The van der Waals surface area contributed by atoms with Gasteiger partial charge in [0.15, 0.2) is 5.69 Å². The molecule has 1 aliphatic rings. The number of ether oxygens (including phenoxy) is 1. The summed E-state index contributed by atoms with van der Waals surface area (Å²) in [6.45, 7) is 5.22. The molecule has 24 heavy (non-hydrogen) atoms. The molecule has 0 aliphatic carbocycles. The van der Waals surface area contributed by atoms with E-state index in [9.17, 15) is 4.79 Å². The van der Waals surface area contributed by atoms with Crippen LogP contribution in [-0.4, -0.2) is 46.1 Å². The average Bonchev–Trinajstić information content (AvgIpc) is 3.12. The van der Waals surface area contributed by atoms with Gasteiger partial charge < -0.3 is 4.74 Å². The average molecular weight is 328 g/mol. The van der Waals surface area contributed by atoms with Crippen LogP contribution >= 0.6 is 0 Å². The lowest BCUT2D eigenvalue weighted by Crippen LogP contribution is -2.34. The van der Waals surface area contributed by atoms with Crippen LogP contribution in [-0.2, 0) is 17.7 Å². The van der Waals surface area contributed by atoms with Crippen molar-refractivity contribution in [3.05, 3.63) is 47.3 Å². The molecule has 2 heterocycles. The molecule has 3 rings (SSSR count). The number of nitrogens with zero attached hydrogens (tertiary/aromatic N) is 4. The molecule has 6 heteroatoms. The van der Waals surface area contributed by atoms with E-state index in [2.05, 4.69) is 51.1 Å². The van der Waals surface area contributed by atoms with Crippen molar-refractivity contribution < 1.29 is 9.53 Å². The maximum atomic E-state index is 11.5. The lowest BCUT2D eigenvalue weighted by molar-refractivity contribution is 0.0594. The molecule has 0 unspecified atom stereocenters. The lowest BCUT2D eigenvalue weighted by atomic mass is 10.0. The Morgan fingerprint density at radius 1 is 1.29 bits per heavy atom. The Labute approximate surface area is 142 Å². The van der Waals surface area contributed by atoms with Crippen LogP contribution in [0, 0.1) is 0 Å². The summed E-state index contributed by atoms with van der Waals surface area (Å²) in [5.41, 5.74) is 3.04. The Morgan fingerprint density at radius 3 is 2.75 bits per heavy atom. The van der Waals surface area contributed by atoms with E-state index < -0.39 is 5.97 Å². The fourth-order valence-corrected chi connectivity index (χ4v) is 3.20. The van der Waals surface area contributed by atoms with Gasteiger partial charge in [-0.2, -0.15) is 0 Å². The van der Waals surface area contributed by atoms with Crippen LogP contribution in [0.2, 0.25) is 0 Å². The minimum Gasteiger partial charge on any atom is -0.464 e. The summed E-state index contributed by atoms with van der Waals surface area (Å²) >= 11 is 0. The van der Waals surface area contributed by atoms with Gasteiger partial charge in [0, 0.05) is 19.6 Å². The zero-order chi connectivity index (χ0) is 16.9. The SMILES string of the molecule is CCc1cccc(CN2CCC(n3cc(C(=O)OC)nn3)CC2)c1. The molecule has 0 radical (unpaired) electrons. The quantitative estimate of drug-likeness (QED) is 0.789. The fourth-order valence-electron chi connectivity index (χ4n) is 3.20. The van der Waals surface area contributed by atoms with Crippen LogP contribution in [0.4, 0.5) is 0 Å². The summed E-state index contributed by atoms with van der Waals surface area (Å²) in [5, 5.41) is 7.98. The molecule has 2 aromatic rings. The number of piperidine rings is 1. The topological polar surface area (TPSA) is 60.2 Å². The van der Waals surface area contributed by atoms with Gasteiger partial charge in [-0.15, -0.1) is 5.10 Å². The number of aromatic nitrogens is 3. The Bertz CT molecular complexity index is 690. The molecule has 0 atom stereocenters. The number of methoxy groups -OCH3 is 1. The van der Waals surface area contributed by atoms with Crippen LogP contribution in [0.1, 0.15) is 47.4 Å². The Morgan fingerprint density at radius 2 is 2.04 bits per heavy atom. The molecular formula is C18H24N4O2. The summed E-state index contributed by atoms with van der Waals surface area (Å²) < 4.78 is 6.48. The second-order valence-corrected chi connectivity index (χ2v) is 6.26. The van der Waals surface area contributed by atoms with Crippen molar-refractivity contribution in [1.29, 1.82) is 0 Å². The first-order valence-electron chi connectivity index (χ1n) is 8.50. The van der Waals surface area contributed by atoms with Gasteiger partial charge in [0.1, 0.15) is 0 Å². The minimum absolute atomic E-state index is 0.274. The Kier molecular flexibility index (Phi) is 5.25. The van der Waals surface area contributed by atoms with Crippen molar-refractivity contribution in [3.63, 3.8) is 0 Å². The monoisotopic (exact) mass is 328 g/mol. The lowest BCUT2D eigenvalue weighted by Gasteiger charge is -2.31. The third kappa shape index (κ3) is 3.82. The highest BCUT2D eigenvalue weighted by Crippen LogP contribution is 2.23. The zero-order valence-corrected chi connectivity index (χ0v) is 14.3. The maximum Gasteiger partial charge on any atom is 0.360 e. The van der Waals surface area contributed by atoms with Crippen LogP contribution in [0.3, 0.4) is 0 Å². The number of carbonyl (C=O) groups excluding carboxylic acids is 1. The largest absolute Gasteiger partial charge is 0.464 e. The highest BCUT2D eigenvalue weighted by atomic mass is 16.5. The van der Waals surface area contributed by atoms with E-state index in [-0.39, 0.29) is 5.69 Å². The van der Waals surface area contributed by atoms with Gasteiger partial charge in [-0.25, -0.2) is 9.48 Å². The molecule has 0 spiro atoms.